The van der Waals surface area contributed by atoms with Crippen molar-refractivity contribution in [1.29, 1.82) is 0 Å². The lowest BCUT2D eigenvalue weighted by Crippen LogP contribution is -2.27. The Kier molecular flexibility index (Phi) is 7.46. The minimum absolute atomic E-state index is 0.0879. The van der Waals surface area contributed by atoms with Crippen LogP contribution in [0, 0.1) is 0 Å². The summed E-state index contributed by atoms with van der Waals surface area (Å²) in [6, 6.07) is 17.5. The second kappa shape index (κ2) is 10.7. The lowest BCUT2D eigenvalue weighted by atomic mass is 9.82. The topological polar surface area (TPSA) is 23.6 Å². The summed E-state index contributed by atoms with van der Waals surface area (Å²) in [5, 5.41) is 0. The molecule has 1 saturated carbocycles. The van der Waals surface area contributed by atoms with Gasteiger partial charge in [-0.05, 0) is 78.7 Å². The van der Waals surface area contributed by atoms with E-state index in [0.717, 1.165) is 56.3 Å². The van der Waals surface area contributed by atoms with Gasteiger partial charge in [0, 0.05) is 46.7 Å². The maximum absolute atomic E-state index is 13.7. The van der Waals surface area contributed by atoms with Crippen LogP contribution < -0.4 is 9.80 Å². The van der Waals surface area contributed by atoms with E-state index in [2.05, 4.69) is 124 Å². The van der Waals surface area contributed by atoms with Crippen molar-refractivity contribution in [1.82, 2.24) is 0 Å². The molecule has 2 aliphatic heterocycles. The first-order valence-corrected chi connectivity index (χ1v) is 14.8. The molecule has 0 aromatic heterocycles. The average Bonchev–Trinajstić information content (AvgIpc) is 3.27. The van der Waals surface area contributed by atoms with Gasteiger partial charge in [0.2, 0.25) is 0 Å². The molecule has 3 heteroatoms. The molecule has 0 atom stereocenters. The SMILES string of the molecule is CCCN1/C(=C/C=C2\CCC/C(=C\C=C3\N(CCC)c4ccccc4C3(C)C)C2=O)C(C)(C)c2ccccc21. The molecule has 2 heterocycles. The van der Waals surface area contributed by atoms with Gasteiger partial charge in [-0.2, -0.15) is 0 Å². The monoisotopic (exact) mass is 520 g/mol. The number of anilines is 2. The summed E-state index contributed by atoms with van der Waals surface area (Å²) in [4.78, 5) is 18.6. The normalized spacial score (nSPS) is 23.8. The number of carbonyl (C=O) groups is 1. The van der Waals surface area contributed by atoms with Crippen LogP contribution in [0.15, 0.2) is 95.4 Å². The Balaban J connectivity index is 1.46. The molecular formula is C36H44N2O. The minimum Gasteiger partial charge on any atom is -0.344 e. The largest absolute Gasteiger partial charge is 0.344 e. The van der Waals surface area contributed by atoms with Gasteiger partial charge < -0.3 is 9.80 Å². The second-order valence-corrected chi connectivity index (χ2v) is 12.3. The third-order valence-electron chi connectivity index (χ3n) is 8.85. The van der Waals surface area contributed by atoms with Crippen LogP contribution in [-0.4, -0.2) is 18.9 Å². The van der Waals surface area contributed by atoms with E-state index in [0.29, 0.717) is 0 Å². The van der Waals surface area contributed by atoms with E-state index in [-0.39, 0.29) is 16.6 Å². The van der Waals surface area contributed by atoms with Crippen LogP contribution in [0.3, 0.4) is 0 Å². The van der Waals surface area contributed by atoms with E-state index < -0.39 is 0 Å². The summed E-state index contributed by atoms with van der Waals surface area (Å²) in [6.07, 6.45) is 13.5. The third kappa shape index (κ3) is 4.71. The molecular weight excluding hydrogens is 476 g/mol. The van der Waals surface area contributed by atoms with Crippen molar-refractivity contribution in [2.75, 3.05) is 22.9 Å². The lowest BCUT2D eigenvalue weighted by molar-refractivity contribution is -0.113. The number of rotatable bonds is 6. The highest BCUT2D eigenvalue weighted by Gasteiger charge is 2.40. The number of benzene rings is 2. The molecule has 3 nitrogen and oxygen atoms in total. The highest BCUT2D eigenvalue weighted by Crippen LogP contribution is 2.49. The van der Waals surface area contributed by atoms with Gasteiger partial charge in [-0.1, -0.05) is 90.1 Å². The van der Waals surface area contributed by atoms with E-state index in [9.17, 15) is 4.79 Å². The van der Waals surface area contributed by atoms with Crippen LogP contribution in [0.1, 0.15) is 84.8 Å². The standard InChI is InChI=1S/C36H44N2O/c1-7-24-37-30-18-11-9-16-28(30)35(3,4)32(37)22-20-26-14-13-15-27(34(26)39)21-23-33-36(5,6)29-17-10-12-19-31(29)38(33)25-8-2/h9-12,16-23H,7-8,13-15,24-25H2,1-6H3/b26-20+,27-21+,32-22+,33-23+. The van der Waals surface area contributed by atoms with Crippen LogP contribution in [0.25, 0.3) is 0 Å². The molecule has 0 radical (unpaired) electrons. The maximum atomic E-state index is 13.7. The van der Waals surface area contributed by atoms with Gasteiger partial charge >= 0.3 is 0 Å². The van der Waals surface area contributed by atoms with Crippen LogP contribution in [0.2, 0.25) is 0 Å². The van der Waals surface area contributed by atoms with Crippen LogP contribution in [0.5, 0.6) is 0 Å². The number of ketones is 1. The van der Waals surface area contributed by atoms with Crippen molar-refractivity contribution in [3.8, 4) is 0 Å². The summed E-state index contributed by atoms with van der Waals surface area (Å²) in [6.45, 7) is 15.6. The number of fused-ring (bicyclic) bond motifs is 2. The number of para-hydroxylation sites is 2. The van der Waals surface area contributed by atoms with Crippen molar-refractivity contribution in [2.24, 2.45) is 0 Å². The molecule has 2 aromatic carbocycles. The number of hydrogen-bond acceptors (Lipinski definition) is 3. The van der Waals surface area contributed by atoms with Crippen LogP contribution in [0.4, 0.5) is 11.4 Å². The highest BCUT2D eigenvalue weighted by atomic mass is 16.1. The Labute approximate surface area is 235 Å². The first-order chi connectivity index (χ1) is 18.7. The molecule has 0 saturated heterocycles. The molecule has 1 aliphatic carbocycles. The molecule has 5 rings (SSSR count). The van der Waals surface area contributed by atoms with E-state index in [4.69, 9.17) is 0 Å². The summed E-state index contributed by atoms with van der Waals surface area (Å²) in [7, 11) is 0. The van der Waals surface area contributed by atoms with Gasteiger partial charge in [-0.15, -0.1) is 0 Å². The Hall–Kier alpha value is -3.33. The van der Waals surface area contributed by atoms with Crippen molar-refractivity contribution in [3.05, 3.63) is 107 Å². The number of Topliss-reactive ketones (excluding diaryl/α,β-unsaturated/α-hetero) is 1. The van der Waals surface area contributed by atoms with Crippen LogP contribution in [-0.2, 0) is 15.6 Å². The van der Waals surface area contributed by atoms with Gasteiger partial charge in [0.1, 0.15) is 0 Å². The van der Waals surface area contributed by atoms with Gasteiger partial charge in [0.15, 0.2) is 5.78 Å². The highest BCUT2D eigenvalue weighted by molar-refractivity contribution is 6.09. The van der Waals surface area contributed by atoms with E-state index in [1.54, 1.807) is 0 Å². The predicted octanol–water partition coefficient (Wildman–Crippen LogP) is 8.78. The molecule has 0 unspecified atom stereocenters. The zero-order valence-corrected chi connectivity index (χ0v) is 24.7. The summed E-state index contributed by atoms with van der Waals surface area (Å²) in [5.41, 5.74) is 9.58. The Bertz CT molecular complexity index is 1280. The Morgan fingerprint density at radius 3 is 1.49 bits per heavy atom. The summed E-state index contributed by atoms with van der Waals surface area (Å²) < 4.78 is 0. The van der Waals surface area contributed by atoms with E-state index >= 15 is 0 Å². The molecule has 2 aromatic rings. The van der Waals surface area contributed by atoms with Crippen molar-refractivity contribution < 1.29 is 4.79 Å². The summed E-state index contributed by atoms with van der Waals surface area (Å²) >= 11 is 0. The molecule has 1 fully saturated rings. The molecule has 3 aliphatic rings. The Morgan fingerprint density at radius 1 is 0.667 bits per heavy atom. The second-order valence-electron chi connectivity index (χ2n) is 12.3. The molecule has 204 valence electrons. The molecule has 0 bridgehead atoms. The quantitative estimate of drug-likeness (QED) is 0.356. The van der Waals surface area contributed by atoms with Gasteiger partial charge in [0.25, 0.3) is 0 Å². The van der Waals surface area contributed by atoms with Crippen LogP contribution >= 0.6 is 0 Å². The first-order valence-electron chi connectivity index (χ1n) is 14.8. The molecule has 0 spiro atoms. The van der Waals surface area contributed by atoms with Crippen molar-refractivity contribution >= 4 is 17.2 Å². The number of nitrogens with zero attached hydrogens (tertiary/aromatic N) is 2. The maximum Gasteiger partial charge on any atom is 0.184 e. The first kappa shape index (κ1) is 27.2. The number of carbonyl (C=O) groups excluding carboxylic acids is 1. The fourth-order valence-corrected chi connectivity index (χ4v) is 6.79. The molecule has 0 amide bonds. The molecule has 0 N–H and O–H groups in total. The summed E-state index contributed by atoms with van der Waals surface area (Å²) in [5.74, 6) is 0.209. The molecule has 39 heavy (non-hydrogen) atoms. The number of hydrogen-bond donors (Lipinski definition) is 0. The van der Waals surface area contributed by atoms with Gasteiger partial charge in [-0.3, -0.25) is 4.79 Å². The smallest absolute Gasteiger partial charge is 0.184 e. The van der Waals surface area contributed by atoms with Gasteiger partial charge in [0.05, 0.1) is 0 Å². The zero-order valence-electron chi connectivity index (χ0n) is 24.7. The number of allylic oxidation sites excluding steroid dienone is 8. The van der Waals surface area contributed by atoms with Crippen molar-refractivity contribution in [3.63, 3.8) is 0 Å². The van der Waals surface area contributed by atoms with E-state index in [1.165, 1.54) is 33.9 Å². The fourth-order valence-electron chi connectivity index (χ4n) is 6.79. The average molecular weight is 521 g/mol. The Morgan fingerprint density at radius 2 is 1.08 bits per heavy atom. The zero-order chi connectivity index (χ0) is 27.8. The lowest BCUT2D eigenvalue weighted by Gasteiger charge is -2.27. The third-order valence-corrected chi connectivity index (χ3v) is 8.85. The fraction of sp³-hybridized carbons (Fsp3) is 0.417. The van der Waals surface area contributed by atoms with Crippen molar-refractivity contribution in [2.45, 2.75) is 84.5 Å². The minimum atomic E-state index is -0.0879. The van der Waals surface area contributed by atoms with E-state index in [1.807, 2.05) is 0 Å². The predicted molar refractivity (Wildman–Crippen MR) is 165 cm³/mol. The van der Waals surface area contributed by atoms with Gasteiger partial charge in [-0.25, -0.2) is 0 Å².